The number of ether oxygens (including phenoxy) is 4. The summed E-state index contributed by atoms with van der Waals surface area (Å²) in [6.07, 6.45) is -0.921. The van der Waals surface area contributed by atoms with Crippen LogP contribution >= 0.6 is 11.4 Å². The summed E-state index contributed by atoms with van der Waals surface area (Å²) in [5, 5.41) is 27.9. The van der Waals surface area contributed by atoms with Gasteiger partial charge in [-0.3, -0.25) is 0 Å². The Bertz CT molecular complexity index is 1490. The molecule has 55 heavy (non-hydrogen) atoms. The van der Waals surface area contributed by atoms with E-state index in [0.717, 1.165) is 0 Å². The van der Waals surface area contributed by atoms with Crippen molar-refractivity contribution in [3.63, 3.8) is 0 Å². The zero-order valence-electron chi connectivity index (χ0n) is 34.0. The number of aliphatic hydroxyl groups is 1. The molecule has 2 aliphatic rings. The minimum Gasteiger partial charge on any atom is -0.444 e. The Morgan fingerprint density at radius 2 is 1.15 bits per heavy atom. The number of alkyl halides is 1. The minimum absolute atomic E-state index is 0.0200. The van der Waals surface area contributed by atoms with Gasteiger partial charge in [0.05, 0.1) is 62.7 Å². The molecule has 0 radical (unpaired) electrons. The first kappa shape index (κ1) is 47.0. The Morgan fingerprint density at radius 3 is 1.45 bits per heavy atom. The van der Waals surface area contributed by atoms with Gasteiger partial charge in [-0.15, -0.1) is 11.7 Å². The fraction of sp³-hybridized carbons (Fsp3) is 0.579. The molecule has 0 aromatic heterocycles. The van der Waals surface area contributed by atoms with Gasteiger partial charge in [-0.05, 0) is 76.9 Å². The van der Waals surface area contributed by atoms with E-state index in [-0.39, 0.29) is 52.5 Å². The number of rotatable bonds is 9. The van der Waals surface area contributed by atoms with E-state index in [0.29, 0.717) is 33.5 Å². The molecule has 0 unspecified atom stereocenters. The zero-order valence-corrected chi connectivity index (χ0v) is 33.9. The molecular formula is C38H55F4N5O7S. The first-order chi connectivity index (χ1) is 25.9. The predicted octanol–water partition coefficient (Wildman–Crippen LogP) is 7.95. The first-order valence-corrected chi connectivity index (χ1v) is 18.5. The van der Waals surface area contributed by atoms with Crippen LogP contribution in [0.1, 0.15) is 79.0 Å². The number of hydrogen-bond donors (Lipinski definition) is 1. The van der Waals surface area contributed by atoms with Crippen LogP contribution in [0.3, 0.4) is 0 Å². The van der Waals surface area contributed by atoms with E-state index in [1.165, 1.54) is 24.0 Å². The molecular weight excluding hydrogens is 747 g/mol. The first-order valence-electron chi connectivity index (χ1n) is 17.9. The van der Waals surface area contributed by atoms with Gasteiger partial charge in [0.2, 0.25) is 0 Å². The van der Waals surface area contributed by atoms with Crippen molar-refractivity contribution >= 4 is 23.6 Å². The number of amides is 2. The van der Waals surface area contributed by atoms with Gasteiger partial charge in [-0.25, -0.2) is 14.0 Å². The number of halogens is 4. The van der Waals surface area contributed by atoms with Crippen LogP contribution in [-0.4, -0.2) is 109 Å². The summed E-state index contributed by atoms with van der Waals surface area (Å²) in [7, 11) is 2.75. The standard InChI is InChI=1S/C15H17FN2O2.C15H18N2O3.C6H14F3NO2S.C2H6/c1-14(2,3)20-13(19)18-9-15(16,10-18)12-6-4-11(8-17)5-7-12;1-14(2,3)20-13(18)17-9-15(19,10-17)12-6-4-11(8-16)5-7-12;1-11-5-3-10(4-6-12-2)13(7,8)9;1-2/h4-7H,9-10H2,1-3H3;4-7,19H,9-10H2,1-3H3;3-6H2,1-2H3;1-2H3/i;;;1D. The summed E-state index contributed by atoms with van der Waals surface area (Å²) in [5.41, 5.74) is -1.51. The molecule has 0 atom stereocenters. The van der Waals surface area contributed by atoms with E-state index in [1.54, 1.807) is 97.0 Å². The van der Waals surface area contributed by atoms with E-state index in [4.69, 9.17) is 21.4 Å². The lowest BCUT2D eigenvalue weighted by molar-refractivity contribution is -0.103. The highest BCUT2D eigenvalue weighted by Gasteiger charge is 2.49. The van der Waals surface area contributed by atoms with Crippen molar-refractivity contribution in [3.8, 4) is 12.1 Å². The summed E-state index contributed by atoms with van der Waals surface area (Å²) in [5.74, 6) is 0. The maximum atomic E-state index is 14.6. The molecule has 12 nitrogen and oxygen atoms in total. The largest absolute Gasteiger partial charge is 0.444 e. The Morgan fingerprint density at radius 1 is 0.800 bits per heavy atom. The molecule has 2 aromatic rings. The van der Waals surface area contributed by atoms with E-state index < -0.39 is 46.0 Å². The SMILES string of the molecule is CC(C)(C)OC(=O)N1CC(F)(c2ccc(C#N)cc2)C1.CC(C)(C)OC(=O)N1CC(O)(c2ccc(C#N)cc2)C1.COCCN(CCOC)S(F)(F)F.[2H]CC. The number of methoxy groups -OCH3 is 2. The molecule has 2 heterocycles. The topological polar surface area (TPSA) is 149 Å². The van der Waals surface area contributed by atoms with Crippen molar-refractivity contribution in [1.29, 1.82) is 10.5 Å². The quantitative estimate of drug-likeness (QED) is 0.248. The van der Waals surface area contributed by atoms with Crippen LogP contribution < -0.4 is 0 Å². The maximum absolute atomic E-state index is 14.6. The van der Waals surface area contributed by atoms with E-state index in [1.807, 2.05) is 12.1 Å². The average molecular weight is 803 g/mol. The monoisotopic (exact) mass is 802 g/mol. The molecule has 4 rings (SSSR count). The highest BCUT2D eigenvalue weighted by atomic mass is 32.3. The van der Waals surface area contributed by atoms with Crippen molar-refractivity contribution in [2.24, 2.45) is 0 Å². The highest BCUT2D eigenvalue weighted by Crippen LogP contribution is 2.56. The molecule has 2 fully saturated rings. The smallest absolute Gasteiger partial charge is 0.410 e. The van der Waals surface area contributed by atoms with Gasteiger partial charge in [0.15, 0.2) is 5.67 Å². The molecule has 308 valence electrons. The Hall–Kier alpha value is -4.13. The minimum atomic E-state index is -5.14. The summed E-state index contributed by atoms with van der Waals surface area (Å²) in [6.45, 7) is 13.3. The van der Waals surface area contributed by atoms with Gasteiger partial charge in [0.25, 0.3) is 11.4 Å². The lowest BCUT2D eigenvalue weighted by atomic mass is 9.86. The third-order valence-corrected chi connectivity index (χ3v) is 8.51. The third kappa shape index (κ3) is 16.2. The molecule has 0 aliphatic carbocycles. The van der Waals surface area contributed by atoms with Gasteiger partial charge in [0.1, 0.15) is 16.8 Å². The molecule has 0 bridgehead atoms. The van der Waals surface area contributed by atoms with Crippen molar-refractivity contribution < 1.29 is 51.1 Å². The fourth-order valence-electron chi connectivity index (χ4n) is 4.82. The van der Waals surface area contributed by atoms with Crippen LogP contribution in [0, 0.1) is 22.7 Å². The van der Waals surface area contributed by atoms with Gasteiger partial charge in [0, 0.05) is 28.7 Å². The molecule has 0 saturated carbocycles. The summed E-state index contributed by atoms with van der Waals surface area (Å²) in [4.78, 5) is 26.4. The second kappa shape index (κ2) is 21.2. The molecule has 2 aliphatic heterocycles. The summed E-state index contributed by atoms with van der Waals surface area (Å²) in [6, 6.07) is 17.1. The third-order valence-electron chi connectivity index (χ3n) is 7.56. The van der Waals surface area contributed by atoms with Crippen molar-refractivity contribution in [1.82, 2.24) is 14.1 Å². The second-order valence-electron chi connectivity index (χ2n) is 14.3. The van der Waals surface area contributed by atoms with E-state index in [9.17, 15) is 30.7 Å². The van der Waals surface area contributed by atoms with Gasteiger partial charge < -0.3 is 33.9 Å². The number of nitrogens with zero attached hydrogens (tertiary/aromatic N) is 5. The van der Waals surface area contributed by atoms with E-state index >= 15 is 0 Å². The molecule has 0 spiro atoms. The maximum Gasteiger partial charge on any atom is 0.410 e. The number of likely N-dealkylation sites (tertiary alicyclic amines) is 2. The number of carbonyl (C=O) groups is 2. The summed E-state index contributed by atoms with van der Waals surface area (Å²) < 4.78 is 77.6. The van der Waals surface area contributed by atoms with Crippen molar-refractivity contribution in [2.45, 2.75) is 77.8 Å². The molecule has 2 amide bonds. The van der Waals surface area contributed by atoms with Crippen molar-refractivity contribution in [2.75, 3.05) is 66.7 Å². The zero-order chi connectivity index (χ0) is 43.0. The molecule has 2 saturated heterocycles. The van der Waals surface area contributed by atoms with Crippen LogP contribution in [0.15, 0.2) is 48.5 Å². The Kier molecular flexibility index (Phi) is 18.2. The van der Waals surface area contributed by atoms with Crippen LogP contribution in [0.5, 0.6) is 0 Å². The van der Waals surface area contributed by atoms with Gasteiger partial charge in [-0.1, -0.05) is 38.1 Å². The van der Waals surface area contributed by atoms with Crippen LogP contribution in [0.4, 0.5) is 25.6 Å². The lowest BCUT2D eigenvalue weighted by Gasteiger charge is -2.46. The number of carbonyl (C=O) groups excluding carboxylic acids is 2. The Balaban J connectivity index is 0.000000415. The van der Waals surface area contributed by atoms with Crippen molar-refractivity contribution in [3.05, 3.63) is 70.8 Å². The lowest BCUT2D eigenvalue weighted by Crippen LogP contribution is -2.61. The van der Waals surface area contributed by atoms with Gasteiger partial charge in [-0.2, -0.15) is 14.8 Å². The van der Waals surface area contributed by atoms with Crippen LogP contribution in [0.2, 0.25) is 0 Å². The molecule has 17 heteroatoms. The average Bonchev–Trinajstić information content (AvgIpc) is 3.08. The molecule has 1 N–H and O–H groups in total. The molecule has 2 aromatic carbocycles. The second-order valence-corrected chi connectivity index (χ2v) is 15.6. The number of benzene rings is 2. The van der Waals surface area contributed by atoms with Gasteiger partial charge >= 0.3 is 12.2 Å². The number of hydrogen-bond acceptors (Lipinski definition) is 10. The normalized spacial score (nSPS) is 16.0. The van der Waals surface area contributed by atoms with E-state index in [2.05, 4.69) is 9.47 Å². The highest BCUT2D eigenvalue weighted by molar-refractivity contribution is 8.18. The van der Waals surface area contributed by atoms with Crippen LogP contribution in [-0.2, 0) is 30.2 Å². The number of nitriles is 2. The Labute approximate surface area is 326 Å². The van der Waals surface area contributed by atoms with Crippen LogP contribution in [0.25, 0.3) is 0 Å². The number of β-amino-alcohol motifs (C(OH)–C–C–N with tert-alkyl or cyclic N) is 1. The summed E-state index contributed by atoms with van der Waals surface area (Å²) >= 11 is -5.14. The predicted molar refractivity (Wildman–Crippen MR) is 202 cm³/mol. The fourth-order valence-corrected chi connectivity index (χ4v) is 5.39.